The number of carbonyl (C=O) groups excluding carboxylic acids is 1. The summed E-state index contributed by atoms with van der Waals surface area (Å²) in [5, 5.41) is 3.08. The maximum absolute atomic E-state index is 12.5. The van der Waals surface area contributed by atoms with Gasteiger partial charge in [-0.3, -0.25) is 9.88 Å². The fraction of sp³-hybridized carbons (Fsp3) is 0.684. The molecule has 2 amide bonds. The maximum Gasteiger partial charge on any atom is 0.317 e. The Bertz CT molecular complexity index is 570. The predicted octanol–water partition coefficient (Wildman–Crippen LogP) is 2.07. The Morgan fingerprint density at radius 2 is 2.12 bits per heavy atom. The number of nitrogens with one attached hydrogen (secondary N) is 1. The normalized spacial score (nSPS) is 17.2. The molecule has 1 N–H and O–H groups in total. The Morgan fingerprint density at radius 3 is 2.76 bits per heavy atom. The van der Waals surface area contributed by atoms with E-state index in [0.717, 1.165) is 38.4 Å². The number of ether oxygens (including phenoxy) is 1. The SMILES string of the molecule is Cc1ccnc(C[C@H](C)N(C)C(=O)NCC(C)(C)N2CCOCC2)c1. The zero-order valence-electron chi connectivity index (χ0n) is 16.2. The first-order valence-electron chi connectivity index (χ1n) is 9.04. The van der Waals surface area contributed by atoms with Crippen LogP contribution in [0.25, 0.3) is 0 Å². The van der Waals surface area contributed by atoms with E-state index in [9.17, 15) is 4.79 Å². The Morgan fingerprint density at radius 1 is 1.44 bits per heavy atom. The highest BCUT2D eigenvalue weighted by molar-refractivity contribution is 5.74. The highest BCUT2D eigenvalue weighted by Crippen LogP contribution is 2.15. The molecule has 1 aromatic rings. The van der Waals surface area contributed by atoms with Gasteiger partial charge in [-0.15, -0.1) is 0 Å². The molecule has 0 unspecified atom stereocenters. The van der Waals surface area contributed by atoms with Crippen LogP contribution in [0.2, 0.25) is 0 Å². The van der Waals surface area contributed by atoms with Gasteiger partial charge in [-0.1, -0.05) is 0 Å². The molecule has 0 aliphatic carbocycles. The second-order valence-corrected chi connectivity index (χ2v) is 7.56. The van der Waals surface area contributed by atoms with Crippen molar-refractivity contribution in [2.45, 2.75) is 45.7 Å². The second-order valence-electron chi connectivity index (χ2n) is 7.56. The lowest BCUT2D eigenvalue weighted by atomic mass is 10.0. The average Bonchev–Trinajstić information content (AvgIpc) is 2.60. The molecule has 1 atom stereocenters. The monoisotopic (exact) mass is 348 g/mol. The minimum Gasteiger partial charge on any atom is -0.379 e. The number of morpholine rings is 1. The molecular formula is C19H32N4O2. The zero-order valence-corrected chi connectivity index (χ0v) is 16.2. The fourth-order valence-electron chi connectivity index (χ4n) is 3.05. The van der Waals surface area contributed by atoms with Crippen LogP contribution in [-0.4, -0.2) is 72.3 Å². The van der Waals surface area contributed by atoms with Crippen LogP contribution < -0.4 is 5.32 Å². The maximum atomic E-state index is 12.5. The van der Waals surface area contributed by atoms with Crippen LogP contribution in [0, 0.1) is 6.92 Å². The van der Waals surface area contributed by atoms with Gasteiger partial charge in [-0.25, -0.2) is 4.79 Å². The summed E-state index contributed by atoms with van der Waals surface area (Å²) in [5.41, 5.74) is 2.12. The minimum absolute atomic E-state index is 0.0403. The van der Waals surface area contributed by atoms with Crippen molar-refractivity contribution in [2.75, 3.05) is 39.9 Å². The number of amides is 2. The first-order chi connectivity index (χ1) is 11.8. The van der Waals surface area contributed by atoms with Crippen molar-refractivity contribution in [3.8, 4) is 0 Å². The van der Waals surface area contributed by atoms with Crippen molar-refractivity contribution >= 4 is 6.03 Å². The number of hydrogen-bond acceptors (Lipinski definition) is 4. The summed E-state index contributed by atoms with van der Waals surface area (Å²) in [5.74, 6) is 0. The summed E-state index contributed by atoms with van der Waals surface area (Å²) in [4.78, 5) is 21.0. The third-order valence-corrected chi connectivity index (χ3v) is 5.00. The molecule has 2 rings (SSSR count). The topological polar surface area (TPSA) is 57.7 Å². The first kappa shape index (κ1) is 19.7. The van der Waals surface area contributed by atoms with Crippen molar-refractivity contribution in [1.29, 1.82) is 0 Å². The molecule has 1 fully saturated rings. The number of likely N-dealkylation sites (N-methyl/N-ethyl adjacent to an activating group) is 1. The molecule has 1 aliphatic heterocycles. The molecular weight excluding hydrogens is 316 g/mol. The Kier molecular flexibility index (Phi) is 6.79. The molecule has 2 heterocycles. The molecule has 6 heteroatoms. The van der Waals surface area contributed by atoms with Crippen molar-refractivity contribution in [2.24, 2.45) is 0 Å². The lowest BCUT2D eigenvalue weighted by molar-refractivity contribution is -0.00906. The minimum atomic E-state index is -0.0817. The van der Waals surface area contributed by atoms with Crippen LogP contribution >= 0.6 is 0 Å². The molecule has 0 saturated carbocycles. The Labute approximate surface area is 151 Å². The summed E-state index contributed by atoms with van der Waals surface area (Å²) >= 11 is 0. The molecule has 25 heavy (non-hydrogen) atoms. The van der Waals surface area contributed by atoms with E-state index < -0.39 is 0 Å². The molecule has 0 bridgehead atoms. The molecule has 1 aliphatic rings. The van der Waals surface area contributed by atoms with E-state index >= 15 is 0 Å². The standard InChI is InChI=1S/C19H32N4O2/c1-15-6-7-20-17(12-15)13-16(2)22(5)18(24)21-14-19(3,4)23-8-10-25-11-9-23/h6-7,12,16H,8-11,13-14H2,1-5H3,(H,21,24)/t16-/m0/s1. The third-order valence-electron chi connectivity index (χ3n) is 5.00. The Balaban J connectivity index is 1.84. The van der Waals surface area contributed by atoms with E-state index in [0.29, 0.717) is 6.54 Å². The number of nitrogens with zero attached hydrogens (tertiary/aromatic N) is 3. The quantitative estimate of drug-likeness (QED) is 0.855. The molecule has 1 aromatic heterocycles. The zero-order chi connectivity index (χ0) is 18.4. The molecule has 6 nitrogen and oxygen atoms in total. The molecule has 1 saturated heterocycles. The Hall–Kier alpha value is -1.66. The van der Waals surface area contributed by atoms with Gasteiger partial charge in [0.15, 0.2) is 0 Å². The van der Waals surface area contributed by atoms with Gasteiger partial charge in [0.2, 0.25) is 0 Å². The smallest absolute Gasteiger partial charge is 0.317 e. The van der Waals surface area contributed by atoms with Gasteiger partial charge >= 0.3 is 6.03 Å². The molecule has 0 aromatic carbocycles. The molecule has 140 valence electrons. The summed E-state index contributed by atoms with van der Waals surface area (Å²) in [6, 6.07) is 4.10. The van der Waals surface area contributed by atoms with Crippen LogP contribution in [0.3, 0.4) is 0 Å². The van der Waals surface area contributed by atoms with Crippen molar-refractivity contribution in [3.63, 3.8) is 0 Å². The number of pyridine rings is 1. The van der Waals surface area contributed by atoms with Crippen LogP contribution in [0.5, 0.6) is 0 Å². The second kappa shape index (κ2) is 8.63. The highest BCUT2D eigenvalue weighted by atomic mass is 16.5. The lowest BCUT2D eigenvalue weighted by Gasteiger charge is -2.41. The average molecular weight is 348 g/mol. The van der Waals surface area contributed by atoms with E-state index in [-0.39, 0.29) is 17.6 Å². The van der Waals surface area contributed by atoms with E-state index in [1.165, 1.54) is 5.56 Å². The van der Waals surface area contributed by atoms with Crippen LogP contribution in [0.1, 0.15) is 32.0 Å². The van der Waals surface area contributed by atoms with Gasteiger partial charge < -0.3 is 15.0 Å². The van der Waals surface area contributed by atoms with Gasteiger partial charge in [0.25, 0.3) is 0 Å². The van der Waals surface area contributed by atoms with Crippen molar-refractivity contribution < 1.29 is 9.53 Å². The van der Waals surface area contributed by atoms with E-state index in [1.54, 1.807) is 4.90 Å². The van der Waals surface area contributed by atoms with Gasteiger partial charge in [-0.2, -0.15) is 0 Å². The van der Waals surface area contributed by atoms with Crippen molar-refractivity contribution in [3.05, 3.63) is 29.6 Å². The first-order valence-corrected chi connectivity index (χ1v) is 9.04. The predicted molar refractivity (Wildman–Crippen MR) is 99.8 cm³/mol. The highest BCUT2D eigenvalue weighted by Gasteiger charge is 2.29. The van der Waals surface area contributed by atoms with Crippen LogP contribution in [0.15, 0.2) is 18.3 Å². The number of carbonyl (C=O) groups is 1. The van der Waals surface area contributed by atoms with Crippen LogP contribution in [0.4, 0.5) is 4.79 Å². The number of urea groups is 1. The summed E-state index contributed by atoms with van der Waals surface area (Å²) in [6.45, 7) is 12.4. The largest absolute Gasteiger partial charge is 0.379 e. The van der Waals surface area contributed by atoms with Gasteiger partial charge in [0, 0.05) is 56.6 Å². The summed E-state index contributed by atoms with van der Waals surface area (Å²) in [7, 11) is 1.84. The molecule has 0 radical (unpaired) electrons. The van der Waals surface area contributed by atoms with E-state index in [1.807, 2.05) is 19.3 Å². The van der Waals surface area contributed by atoms with Crippen molar-refractivity contribution in [1.82, 2.24) is 20.1 Å². The van der Waals surface area contributed by atoms with Crippen LogP contribution in [-0.2, 0) is 11.2 Å². The van der Waals surface area contributed by atoms with Gasteiger partial charge in [-0.05, 0) is 45.4 Å². The number of aromatic nitrogens is 1. The van der Waals surface area contributed by atoms with Gasteiger partial charge in [0.05, 0.1) is 13.2 Å². The van der Waals surface area contributed by atoms with E-state index in [4.69, 9.17) is 4.74 Å². The number of hydrogen-bond donors (Lipinski definition) is 1. The summed E-state index contributed by atoms with van der Waals surface area (Å²) < 4.78 is 5.41. The van der Waals surface area contributed by atoms with Gasteiger partial charge in [0.1, 0.15) is 0 Å². The third kappa shape index (κ3) is 5.68. The number of rotatable bonds is 6. The lowest BCUT2D eigenvalue weighted by Crippen LogP contribution is -2.56. The number of aryl methyl sites for hydroxylation is 1. The summed E-state index contributed by atoms with van der Waals surface area (Å²) in [6.07, 6.45) is 2.57. The molecule has 0 spiro atoms. The fourth-order valence-corrected chi connectivity index (χ4v) is 3.05. The van der Waals surface area contributed by atoms with E-state index in [2.05, 4.69) is 49.0 Å².